The first-order valence-electron chi connectivity index (χ1n) is 15.5. The van der Waals surface area contributed by atoms with Crippen LogP contribution in [0.1, 0.15) is 104 Å². The first kappa shape index (κ1) is 38.0. The number of ether oxygens (including phenoxy) is 3. The summed E-state index contributed by atoms with van der Waals surface area (Å²) in [5, 5.41) is 2.30. The Bertz CT molecular complexity index is 1060. The fraction of sp³-hybridized carbons (Fsp3) is 0.688. The highest BCUT2D eigenvalue weighted by molar-refractivity contribution is 6.67. The zero-order valence-corrected chi connectivity index (χ0v) is 28.6. The van der Waals surface area contributed by atoms with Gasteiger partial charge in [-0.3, -0.25) is 9.59 Å². The van der Waals surface area contributed by atoms with Crippen LogP contribution in [0.2, 0.25) is 0 Å². The second kappa shape index (κ2) is 18.7. The van der Waals surface area contributed by atoms with Crippen LogP contribution in [-0.2, 0) is 35.2 Å². The first-order chi connectivity index (χ1) is 20.7. The summed E-state index contributed by atoms with van der Waals surface area (Å²) in [5.41, 5.74) is -0.0481. The van der Waals surface area contributed by atoms with Gasteiger partial charge in [0.1, 0.15) is 18.8 Å². The van der Waals surface area contributed by atoms with Crippen molar-refractivity contribution in [3.63, 3.8) is 0 Å². The lowest BCUT2D eigenvalue weighted by Crippen LogP contribution is -2.62. The molecule has 1 heterocycles. The molecular formula is C32H47Cl3N2O7. The molecule has 9 nitrogen and oxygen atoms in total. The Balaban J connectivity index is 2.31. The minimum absolute atomic E-state index is 0.0138. The normalized spacial score (nSPS) is 16.3. The number of nitrogens with zero attached hydrogens (tertiary/aromatic N) is 2. The van der Waals surface area contributed by atoms with E-state index in [1.807, 2.05) is 30.3 Å². The summed E-state index contributed by atoms with van der Waals surface area (Å²) >= 11 is 17.3. The van der Waals surface area contributed by atoms with Crippen LogP contribution in [0, 0.1) is 5.92 Å². The Labute approximate surface area is 276 Å². The molecule has 1 saturated heterocycles. The molecule has 1 aliphatic rings. The second-order valence-corrected chi connectivity index (χ2v) is 14.6. The summed E-state index contributed by atoms with van der Waals surface area (Å²) in [4.78, 5) is 53.9. The van der Waals surface area contributed by atoms with Crippen LogP contribution >= 0.6 is 34.8 Å². The Kier molecular flexibility index (Phi) is 16.1. The topological polar surface area (TPSA) is 102 Å². The van der Waals surface area contributed by atoms with Gasteiger partial charge in [0.15, 0.2) is 6.04 Å². The minimum atomic E-state index is -1.80. The van der Waals surface area contributed by atoms with Gasteiger partial charge >= 0.3 is 18.0 Å². The Morgan fingerprint density at radius 1 is 0.932 bits per heavy atom. The van der Waals surface area contributed by atoms with Crippen molar-refractivity contribution in [2.24, 2.45) is 5.92 Å². The van der Waals surface area contributed by atoms with Crippen LogP contribution in [0.15, 0.2) is 30.3 Å². The molecule has 44 heavy (non-hydrogen) atoms. The maximum absolute atomic E-state index is 14.3. The molecule has 0 spiro atoms. The van der Waals surface area contributed by atoms with Gasteiger partial charge in [0.05, 0.1) is 12.3 Å². The van der Waals surface area contributed by atoms with Crippen molar-refractivity contribution in [3.05, 3.63) is 35.9 Å². The number of carbonyl (C=O) groups is 4. The number of rotatable bonds is 15. The number of benzene rings is 1. The van der Waals surface area contributed by atoms with E-state index in [1.54, 1.807) is 20.8 Å². The molecule has 0 unspecified atom stereocenters. The molecule has 0 saturated carbocycles. The lowest BCUT2D eigenvalue weighted by molar-refractivity contribution is -0.183. The van der Waals surface area contributed by atoms with Gasteiger partial charge in [0.2, 0.25) is 9.70 Å². The van der Waals surface area contributed by atoms with E-state index in [1.165, 1.54) is 6.42 Å². The highest BCUT2D eigenvalue weighted by Crippen LogP contribution is 2.29. The minimum Gasteiger partial charge on any atom is -0.461 e. The van der Waals surface area contributed by atoms with Crippen LogP contribution in [0.25, 0.3) is 0 Å². The maximum atomic E-state index is 14.3. The number of esters is 2. The van der Waals surface area contributed by atoms with E-state index < -0.39 is 51.9 Å². The van der Waals surface area contributed by atoms with Gasteiger partial charge in [-0.15, -0.1) is 0 Å². The average molecular weight is 678 g/mol. The van der Waals surface area contributed by atoms with Gasteiger partial charge in [-0.25, -0.2) is 19.6 Å². The van der Waals surface area contributed by atoms with E-state index in [9.17, 15) is 19.2 Å². The van der Waals surface area contributed by atoms with E-state index in [4.69, 9.17) is 49.0 Å². The highest BCUT2D eigenvalue weighted by Gasteiger charge is 2.44. The van der Waals surface area contributed by atoms with Crippen LogP contribution in [0.5, 0.6) is 0 Å². The van der Waals surface area contributed by atoms with Gasteiger partial charge in [-0.2, -0.15) is 0 Å². The average Bonchev–Trinajstić information content (AvgIpc) is 2.96. The molecule has 0 radical (unpaired) electrons. The van der Waals surface area contributed by atoms with Gasteiger partial charge in [-0.05, 0) is 45.6 Å². The zero-order valence-electron chi connectivity index (χ0n) is 26.3. The number of amides is 2. The Morgan fingerprint density at radius 2 is 1.57 bits per heavy atom. The quantitative estimate of drug-likeness (QED) is 0.0804. The molecule has 0 N–H and O–H groups in total. The van der Waals surface area contributed by atoms with Gasteiger partial charge in [-0.1, -0.05) is 117 Å². The lowest BCUT2D eigenvalue weighted by Gasteiger charge is -2.43. The highest BCUT2D eigenvalue weighted by atomic mass is 35.6. The predicted molar refractivity (Wildman–Crippen MR) is 171 cm³/mol. The molecule has 0 aliphatic carbocycles. The maximum Gasteiger partial charge on any atom is 0.429 e. The van der Waals surface area contributed by atoms with Crippen LogP contribution in [0.4, 0.5) is 4.79 Å². The number of hydrazine groups is 1. The molecule has 248 valence electrons. The molecule has 1 fully saturated rings. The number of hydrogen-bond acceptors (Lipinski definition) is 7. The van der Waals surface area contributed by atoms with Crippen LogP contribution < -0.4 is 0 Å². The summed E-state index contributed by atoms with van der Waals surface area (Å²) in [6.07, 6.45) is 7.09. The standard InChI is InChI=1S/C32H47Cl3N2O7/c1-5-6-7-8-9-10-14-18-25(21-27(38)43-23-32(33,34)35)28(39)37-26(29(40)44-31(2,3)4)19-15-20-36(37)30(41)42-22-24-16-12-11-13-17-24/h11-13,16-17,25-26H,5-10,14-15,18-23H2,1-4H3/t25-,26+/m1/s1. The smallest absolute Gasteiger partial charge is 0.429 e. The van der Waals surface area contributed by atoms with Crippen molar-refractivity contribution in [2.45, 2.75) is 120 Å². The van der Waals surface area contributed by atoms with Crippen LogP contribution in [-0.4, -0.2) is 62.5 Å². The van der Waals surface area contributed by atoms with Gasteiger partial charge < -0.3 is 14.2 Å². The lowest BCUT2D eigenvalue weighted by atomic mass is 9.94. The molecule has 2 atom stereocenters. The van der Waals surface area contributed by atoms with E-state index in [0.29, 0.717) is 19.3 Å². The predicted octanol–water partition coefficient (Wildman–Crippen LogP) is 7.93. The van der Waals surface area contributed by atoms with Crippen molar-refractivity contribution in [1.82, 2.24) is 10.0 Å². The number of hydrogen-bond donors (Lipinski definition) is 0. The molecule has 2 rings (SSSR count). The van der Waals surface area contributed by atoms with Gasteiger partial charge in [0, 0.05) is 6.54 Å². The Hall–Kier alpha value is -2.23. The van der Waals surface area contributed by atoms with Crippen molar-refractivity contribution in [2.75, 3.05) is 13.2 Å². The van der Waals surface area contributed by atoms with Gasteiger partial charge in [0.25, 0.3) is 0 Å². The van der Waals surface area contributed by atoms with E-state index in [0.717, 1.165) is 47.7 Å². The monoisotopic (exact) mass is 676 g/mol. The molecule has 1 aliphatic heterocycles. The summed E-state index contributed by atoms with van der Waals surface area (Å²) in [6.45, 7) is 7.02. The van der Waals surface area contributed by atoms with Crippen LogP contribution in [0.3, 0.4) is 0 Å². The molecule has 0 bridgehead atoms. The molecule has 0 aromatic heterocycles. The number of unbranched alkanes of at least 4 members (excludes halogenated alkanes) is 6. The van der Waals surface area contributed by atoms with Crippen molar-refractivity contribution < 1.29 is 33.4 Å². The largest absolute Gasteiger partial charge is 0.461 e. The second-order valence-electron chi connectivity index (χ2n) is 12.1. The third kappa shape index (κ3) is 14.2. The van der Waals surface area contributed by atoms with Crippen molar-refractivity contribution in [1.29, 1.82) is 0 Å². The zero-order chi connectivity index (χ0) is 32.8. The molecular weight excluding hydrogens is 631 g/mol. The molecule has 2 amide bonds. The van der Waals surface area contributed by atoms with Crippen molar-refractivity contribution in [3.8, 4) is 0 Å². The van der Waals surface area contributed by atoms with E-state index >= 15 is 0 Å². The van der Waals surface area contributed by atoms with E-state index in [-0.39, 0.29) is 26.0 Å². The Morgan fingerprint density at radius 3 is 2.18 bits per heavy atom. The summed E-state index contributed by atoms with van der Waals surface area (Å²) in [7, 11) is 0. The molecule has 1 aromatic rings. The van der Waals surface area contributed by atoms with E-state index in [2.05, 4.69) is 6.92 Å². The summed E-state index contributed by atoms with van der Waals surface area (Å²) in [6, 6.07) is 8.07. The van der Waals surface area contributed by atoms with Crippen molar-refractivity contribution >= 4 is 58.7 Å². The SMILES string of the molecule is CCCCCCCCC[C@H](CC(=O)OCC(Cl)(Cl)Cl)C(=O)N1[C@H](C(=O)OC(C)(C)C)CCCN1C(=O)OCc1ccccc1. The summed E-state index contributed by atoms with van der Waals surface area (Å²) < 4.78 is 14.6. The third-order valence-electron chi connectivity index (χ3n) is 7.04. The molecule has 12 heteroatoms. The summed E-state index contributed by atoms with van der Waals surface area (Å²) in [5.74, 6) is -2.81. The number of carbonyl (C=O) groups excluding carboxylic acids is 4. The number of halogens is 3. The molecule has 1 aromatic carbocycles. The third-order valence-corrected chi connectivity index (χ3v) is 7.37. The fourth-order valence-corrected chi connectivity index (χ4v) is 5.10. The fourth-order valence-electron chi connectivity index (χ4n) is 4.94. The number of alkyl halides is 3. The first-order valence-corrected chi connectivity index (χ1v) is 16.6.